The van der Waals surface area contributed by atoms with E-state index in [4.69, 9.17) is 0 Å². The second-order valence-electron chi connectivity index (χ2n) is 5.45. The highest BCUT2D eigenvalue weighted by atomic mass is 79.9. The van der Waals surface area contributed by atoms with Crippen LogP contribution in [0.2, 0.25) is 0 Å². The fourth-order valence-electron chi connectivity index (χ4n) is 2.75. The highest BCUT2D eigenvalue weighted by Crippen LogP contribution is 2.25. The van der Waals surface area contributed by atoms with E-state index in [0.717, 1.165) is 24.1 Å². The van der Waals surface area contributed by atoms with Crippen LogP contribution in [0, 0.1) is 0 Å². The highest BCUT2D eigenvalue weighted by molar-refractivity contribution is 9.10. The average molecular weight is 326 g/mol. The number of nitrogens with one attached hydrogen (secondary N) is 1. The quantitative estimate of drug-likeness (QED) is 0.917. The molecule has 0 radical (unpaired) electrons. The third kappa shape index (κ3) is 3.71. The lowest BCUT2D eigenvalue weighted by Crippen LogP contribution is -2.56. The molecule has 3 nitrogen and oxygen atoms in total. The smallest absolute Gasteiger partial charge is 0.0378 e. The summed E-state index contributed by atoms with van der Waals surface area (Å²) in [7, 11) is 4.28. The molecule has 1 aliphatic heterocycles. The molecule has 0 amide bonds. The molecule has 1 N–H and O–H groups in total. The van der Waals surface area contributed by atoms with Gasteiger partial charge in [0.05, 0.1) is 0 Å². The zero-order valence-electron chi connectivity index (χ0n) is 12.1. The van der Waals surface area contributed by atoms with E-state index in [1.807, 2.05) is 7.05 Å². The molecule has 1 fully saturated rings. The summed E-state index contributed by atoms with van der Waals surface area (Å²) < 4.78 is 1.16. The minimum atomic E-state index is 0.592. The Bertz CT molecular complexity index is 410. The van der Waals surface area contributed by atoms with Crippen LogP contribution in [0.25, 0.3) is 0 Å². The lowest BCUT2D eigenvalue weighted by atomic mass is 10.0. The fourth-order valence-corrected chi connectivity index (χ4v) is 3.14. The molecular formula is C15H24BrN3. The summed E-state index contributed by atoms with van der Waals surface area (Å²) in [4.78, 5) is 5.03. The third-order valence-corrected chi connectivity index (χ3v) is 4.58. The first-order valence-corrected chi connectivity index (χ1v) is 7.78. The van der Waals surface area contributed by atoms with Crippen molar-refractivity contribution >= 4 is 21.6 Å². The first kappa shape index (κ1) is 14.8. The van der Waals surface area contributed by atoms with Crippen LogP contribution in [0.15, 0.2) is 28.7 Å². The van der Waals surface area contributed by atoms with Crippen molar-refractivity contribution in [1.29, 1.82) is 0 Å². The minimum absolute atomic E-state index is 0.592. The first-order chi connectivity index (χ1) is 9.11. The van der Waals surface area contributed by atoms with Gasteiger partial charge in [0.2, 0.25) is 0 Å². The summed E-state index contributed by atoms with van der Waals surface area (Å²) in [5.41, 5.74) is 1.32. The van der Waals surface area contributed by atoms with Crippen LogP contribution in [0.5, 0.6) is 0 Å². The molecule has 2 unspecified atom stereocenters. The molecule has 0 saturated carbocycles. The summed E-state index contributed by atoms with van der Waals surface area (Å²) >= 11 is 3.57. The molecule has 0 aliphatic carbocycles. The molecule has 1 aromatic rings. The van der Waals surface area contributed by atoms with Crippen molar-refractivity contribution in [2.45, 2.75) is 25.4 Å². The van der Waals surface area contributed by atoms with Crippen LogP contribution >= 0.6 is 15.9 Å². The number of halogens is 1. The van der Waals surface area contributed by atoms with Gasteiger partial charge in [-0.2, -0.15) is 0 Å². The maximum absolute atomic E-state index is 3.57. The summed E-state index contributed by atoms with van der Waals surface area (Å²) in [6, 6.07) is 9.84. The molecule has 19 heavy (non-hydrogen) atoms. The van der Waals surface area contributed by atoms with E-state index in [2.05, 4.69) is 69.3 Å². The molecule has 0 bridgehead atoms. The van der Waals surface area contributed by atoms with Crippen molar-refractivity contribution in [3.05, 3.63) is 28.7 Å². The molecule has 0 aromatic heterocycles. The third-order valence-electron chi connectivity index (χ3n) is 4.09. The normalized spacial score (nSPS) is 24.7. The fraction of sp³-hybridized carbons (Fsp3) is 0.600. The Morgan fingerprint density at radius 2 is 2.16 bits per heavy atom. The average Bonchev–Trinajstić information content (AvgIpc) is 2.40. The zero-order valence-corrected chi connectivity index (χ0v) is 13.7. The Labute approximate surface area is 125 Å². The zero-order chi connectivity index (χ0) is 13.8. The van der Waals surface area contributed by atoms with Crippen LogP contribution in [0.1, 0.15) is 13.3 Å². The van der Waals surface area contributed by atoms with Crippen molar-refractivity contribution in [2.75, 3.05) is 38.6 Å². The Morgan fingerprint density at radius 3 is 2.84 bits per heavy atom. The van der Waals surface area contributed by atoms with E-state index >= 15 is 0 Å². The van der Waals surface area contributed by atoms with Crippen molar-refractivity contribution in [3.63, 3.8) is 0 Å². The van der Waals surface area contributed by atoms with E-state index in [1.54, 1.807) is 0 Å². The van der Waals surface area contributed by atoms with Crippen LogP contribution < -0.4 is 10.2 Å². The predicted octanol–water partition coefficient (Wildman–Crippen LogP) is 2.57. The monoisotopic (exact) mass is 325 g/mol. The molecule has 1 heterocycles. The van der Waals surface area contributed by atoms with E-state index in [0.29, 0.717) is 12.1 Å². The van der Waals surface area contributed by atoms with Crippen molar-refractivity contribution in [1.82, 2.24) is 10.2 Å². The van der Waals surface area contributed by atoms with E-state index < -0.39 is 0 Å². The SMILES string of the molecule is CNCCC1CN(c2cccc(Br)c2)CC(C)N1C. The highest BCUT2D eigenvalue weighted by Gasteiger charge is 2.29. The van der Waals surface area contributed by atoms with Gasteiger partial charge < -0.3 is 10.2 Å². The molecule has 1 aliphatic rings. The first-order valence-electron chi connectivity index (χ1n) is 6.99. The lowest BCUT2D eigenvalue weighted by molar-refractivity contribution is 0.150. The van der Waals surface area contributed by atoms with Crippen LogP contribution in [-0.2, 0) is 0 Å². The van der Waals surface area contributed by atoms with E-state index in [-0.39, 0.29) is 0 Å². The molecular weight excluding hydrogens is 302 g/mol. The summed E-state index contributed by atoms with van der Waals surface area (Å²) in [5.74, 6) is 0. The number of hydrogen-bond donors (Lipinski definition) is 1. The Hall–Kier alpha value is -0.580. The van der Waals surface area contributed by atoms with Crippen LogP contribution in [0.3, 0.4) is 0 Å². The van der Waals surface area contributed by atoms with Gasteiger partial charge in [-0.25, -0.2) is 0 Å². The number of rotatable bonds is 4. The van der Waals surface area contributed by atoms with Crippen molar-refractivity contribution in [3.8, 4) is 0 Å². The standard InChI is InChI=1S/C15H24BrN3/c1-12-10-19(14-6-4-5-13(16)9-14)11-15(18(12)3)7-8-17-2/h4-6,9,12,15,17H,7-8,10-11H2,1-3H3. The van der Waals surface area contributed by atoms with Gasteiger partial charge >= 0.3 is 0 Å². The summed E-state index contributed by atoms with van der Waals surface area (Å²) in [6.07, 6.45) is 1.20. The molecule has 1 saturated heterocycles. The van der Waals surface area contributed by atoms with Crippen molar-refractivity contribution < 1.29 is 0 Å². The summed E-state index contributed by atoms with van der Waals surface area (Å²) in [6.45, 7) is 5.60. The van der Waals surface area contributed by atoms with Crippen molar-refractivity contribution in [2.24, 2.45) is 0 Å². The second kappa shape index (κ2) is 6.73. The Kier molecular flexibility index (Phi) is 5.25. The van der Waals surface area contributed by atoms with Crippen LogP contribution in [-0.4, -0.2) is 50.7 Å². The lowest BCUT2D eigenvalue weighted by Gasteiger charge is -2.45. The molecule has 2 atom stereocenters. The maximum Gasteiger partial charge on any atom is 0.0378 e. The van der Waals surface area contributed by atoms with Gasteiger partial charge in [-0.3, -0.25) is 4.90 Å². The van der Waals surface area contributed by atoms with Gasteiger partial charge in [0.25, 0.3) is 0 Å². The maximum atomic E-state index is 3.57. The van der Waals surface area contributed by atoms with E-state index in [1.165, 1.54) is 12.1 Å². The summed E-state index contributed by atoms with van der Waals surface area (Å²) in [5, 5.41) is 3.26. The number of benzene rings is 1. The molecule has 106 valence electrons. The molecule has 0 spiro atoms. The molecule has 1 aromatic carbocycles. The van der Waals surface area contributed by atoms with Crippen LogP contribution in [0.4, 0.5) is 5.69 Å². The minimum Gasteiger partial charge on any atom is -0.368 e. The number of piperazine rings is 1. The number of nitrogens with zero attached hydrogens (tertiary/aromatic N) is 2. The van der Waals surface area contributed by atoms with Gasteiger partial charge in [-0.05, 0) is 52.2 Å². The topological polar surface area (TPSA) is 18.5 Å². The van der Waals surface area contributed by atoms with E-state index in [9.17, 15) is 0 Å². The van der Waals surface area contributed by atoms with Gasteiger partial charge in [0.15, 0.2) is 0 Å². The van der Waals surface area contributed by atoms with Gasteiger partial charge in [-0.15, -0.1) is 0 Å². The largest absolute Gasteiger partial charge is 0.368 e. The number of likely N-dealkylation sites (N-methyl/N-ethyl adjacent to an activating group) is 1. The van der Waals surface area contributed by atoms with Gasteiger partial charge in [0, 0.05) is 35.3 Å². The van der Waals surface area contributed by atoms with Gasteiger partial charge in [-0.1, -0.05) is 22.0 Å². The molecule has 4 heteroatoms. The number of anilines is 1. The van der Waals surface area contributed by atoms with Gasteiger partial charge in [0.1, 0.15) is 0 Å². The number of hydrogen-bond acceptors (Lipinski definition) is 3. The Morgan fingerprint density at radius 1 is 1.37 bits per heavy atom. The second-order valence-corrected chi connectivity index (χ2v) is 6.36. The predicted molar refractivity (Wildman–Crippen MR) is 85.9 cm³/mol. The molecule has 2 rings (SSSR count). The Balaban J connectivity index is 2.10.